The largest absolute Gasteiger partial charge is 0.461 e. The lowest BCUT2D eigenvalue weighted by molar-refractivity contribution is -0.168. The number of pyridine rings is 1. The molecule has 5 fully saturated rings. The lowest BCUT2D eigenvalue weighted by Gasteiger charge is -2.40. The minimum atomic E-state index is -3.59. The van der Waals surface area contributed by atoms with Crippen molar-refractivity contribution in [2.75, 3.05) is 50.8 Å². The van der Waals surface area contributed by atoms with Crippen molar-refractivity contribution in [1.29, 1.82) is 0 Å². The van der Waals surface area contributed by atoms with Crippen LogP contribution in [0.1, 0.15) is 63.4 Å². The fourth-order valence-electron chi connectivity index (χ4n) is 9.07. The number of rotatable bonds is 8. The van der Waals surface area contributed by atoms with Crippen LogP contribution in [0.4, 0.5) is 10.2 Å². The predicted molar refractivity (Wildman–Crippen MR) is 191 cm³/mol. The van der Waals surface area contributed by atoms with Gasteiger partial charge in [-0.25, -0.2) is 9.11 Å². The lowest BCUT2D eigenvalue weighted by Crippen LogP contribution is -2.56. The Hall–Kier alpha value is -3.53. The van der Waals surface area contributed by atoms with Crippen LogP contribution in [0, 0.1) is 5.82 Å². The van der Waals surface area contributed by atoms with E-state index in [1.54, 1.807) is 6.20 Å². The molecular formula is C37H44FN7O5S. The van der Waals surface area contributed by atoms with Gasteiger partial charge in [-0.1, -0.05) is 36.4 Å². The number of nitrogens with zero attached hydrogens (tertiary/aromatic N) is 5. The van der Waals surface area contributed by atoms with Gasteiger partial charge in [-0.3, -0.25) is 9.88 Å². The highest BCUT2D eigenvalue weighted by molar-refractivity contribution is 7.87. The lowest BCUT2D eigenvalue weighted by atomic mass is 9.90. The summed E-state index contributed by atoms with van der Waals surface area (Å²) in [6, 6.07) is 11.9. The molecule has 2 aromatic heterocycles. The molecule has 0 amide bonds. The molecule has 2 N–H and O–H groups in total. The third kappa shape index (κ3) is 6.23. The van der Waals surface area contributed by atoms with Crippen molar-refractivity contribution in [2.45, 2.75) is 81.8 Å². The zero-order valence-corrected chi connectivity index (χ0v) is 29.5. The molecule has 5 saturated heterocycles. The third-order valence-electron chi connectivity index (χ3n) is 11.6. The van der Waals surface area contributed by atoms with Gasteiger partial charge in [0.1, 0.15) is 23.6 Å². The van der Waals surface area contributed by atoms with Crippen molar-refractivity contribution in [1.82, 2.24) is 29.3 Å². The highest BCUT2D eigenvalue weighted by atomic mass is 32.2. The predicted octanol–water partition coefficient (Wildman–Crippen LogP) is 4.81. The molecule has 0 saturated carbocycles. The zero-order valence-electron chi connectivity index (χ0n) is 28.7. The van der Waals surface area contributed by atoms with Crippen molar-refractivity contribution in [3.63, 3.8) is 0 Å². The van der Waals surface area contributed by atoms with Crippen LogP contribution in [-0.4, -0.2) is 91.6 Å². The Morgan fingerprint density at radius 2 is 1.82 bits per heavy atom. The maximum atomic E-state index is 17.2. The fourth-order valence-corrected chi connectivity index (χ4v) is 10.4. The molecule has 4 aromatic rings. The smallest absolute Gasteiger partial charge is 0.319 e. The van der Waals surface area contributed by atoms with Crippen molar-refractivity contribution in [3.05, 3.63) is 54.0 Å². The maximum absolute atomic E-state index is 17.2. The normalized spacial score (nSPS) is 26.0. The first-order chi connectivity index (χ1) is 24.8. The van der Waals surface area contributed by atoms with Crippen LogP contribution < -0.4 is 19.1 Å². The molecule has 14 heteroatoms. The molecule has 12 nitrogen and oxygen atoms in total. The Balaban J connectivity index is 1.12. The van der Waals surface area contributed by atoms with E-state index in [-0.39, 0.29) is 35.6 Å². The van der Waals surface area contributed by atoms with Crippen LogP contribution in [-0.2, 0) is 26.3 Å². The number of halogens is 1. The van der Waals surface area contributed by atoms with Gasteiger partial charge in [0, 0.05) is 38.0 Å². The van der Waals surface area contributed by atoms with Crippen LogP contribution in [0.25, 0.3) is 32.9 Å². The van der Waals surface area contributed by atoms with Gasteiger partial charge in [0.25, 0.3) is 10.2 Å². The monoisotopic (exact) mass is 717 g/mol. The summed E-state index contributed by atoms with van der Waals surface area (Å²) in [4.78, 5) is 18.9. The van der Waals surface area contributed by atoms with E-state index in [9.17, 15) is 8.42 Å². The Labute approximate surface area is 297 Å². The quantitative estimate of drug-likeness (QED) is 0.262. The minimum absolute atomic E-state index is 0.0481. The minimum Gasteiger partial charge on any atom is -0.461 e. The van der Waals surface area contributed by atoms with Crippen LogP contribution in [0.3, 0.4) is 0 Å². The molecule has 270 valence electrons. The summed E-state index contributed by atoms with van der Waals surface area (Å²) < 4.78 is 65.9. The summed E-state index contributed by atoms with van der Waals surface area (Å²) in [5.41, 5.74) is 1.14. The van der Waals surface area contributed by atoms with E-state index in [4.69, 9.17) is 29.2 Å². The van der Waals surface area contributed by atoms with E-state index in [1.807, 2.05) is 41.3 Å². The number of anilines is 1. The second-order valence-corrected chi connectivity index (χ2v) is 16.4. The number of benzene rings is 2. The topological polar surface area (TPSA) is 131 Å². The van der Waals surface area contributed by atoms with Crippen molar-refractivity contribution in [2.24, 2.45) is 0 Å². The highest BCUT2D eigenvalue weighted by Crippen LogP contribution is 2.41. The molecule has 1 spiro atoms. The second-order valence-electron chi connectivity index (χ2n) is 14.9. The fraction of sp³-hybridized carbons (Fsp3) is 0.541. The number of hydrogen-bond donors (Lipinski definition) is 2. The van der Waals surface area contributed by atoms with Gasteiger partial charge in [0.15, 0.2) is 12.1 Å². The van der Waals surface area contributed by atoms with Crippen LogP contribution >= 0.6 is 0 Å². The Kier molecular flexibility index (Phi) is 8.59. The molecule has 7 heterocycles. The number of piperidine rings is 1. The van der Waals surface area contributed by atoms with Gasteiger partial charge < -0.3 is 19.1 Å². The third-order valence-corrected chi connectivity index (χ3v) is 12.8. The molecule has 51 heavy (non-hydrogen) atoms. The molecule has 2 aromatic carbocycles. The van der Waals surface area contributed by atoms with Gasteiger partial charge in [0.2, 0.25) is 0 Å². The van der Waals surface area contributed by atoms with Gasteiger partial charge >= 0.3 is 6.01 Å². The van der Waals surface area contributed by atoms with Crippen molar-refractivity contribution >= 4 is 37.7 Å². The summed E-state index contributed by atoms with van der Waals surface area (Å²) >= 11 is 0. The Morgan fingerprint density at radius 1 is 1.00 bits per heavy atom. The van der Waals surface area contributed by atoms with E-state index in [1.165, 1.54) is 0 Å². The van der Waals surface area contributed by atoms with E-state index in [2.05, 4.69) is 14.3 Å². The average Bonchev–Trinajstić information content (AvgIpc) is 3.82. The van der Waals surface area contributed by atoms with Gasteiger partial charge in [-0.15, -0.1) is 0 Å². The summed E-state index contributed by atoms with van der Waals surface area (Å²) in [6.07, 6.45) is 10.1. The molecule has 0 radical (unpaired) electrons. The molecule has 9 rings (SSSR count). The van der Waals surface area contributed by atoms with Crippen LogP contribution in [0.15, 0.2) is 42.6 Å². The molecule has 0 aliphatic carbocycles. The maximum Gasteiger partial charge on any atom is 0.319 e. The summed E-state index contributed by atoms with van der Waals surface area (Å²) in [6.45, 7) is 4.82. The second kappa shape index (κ2) is 13.2. The molecular weight excluding hydrogens is 674 g/mol. The molecule has 2 unspecified atom stereocenters. The number of fused-ring (bicyclic) bond motifs is 3. The first kappa shape index (κ1) is 33.3. The van der Waals surface area contributed by atoms with E-state index >= 15 is 4.39 Å². The number of nitrogens with one attached hydrogen (secondary N) is 2. The van der Waals surface area contributed by atoms with Crippen LogP contribution in [0.5, 0.6) is 6.01 Å². The summed E-state index contributed by atoms with van der Waals surface area (Å²) in [5, 5.41) is 2.28. The van der Waals surface area contributed by atoms with Gasteiger partial charge in [-0.05, 0) is 87.2 Å². The zero-order chi connectivity index (χ0) is 34.6. The Bertz CT molecular complexity index is 2060. The average molecular weight is 718 g/mol. The van der Waals surface area contributed by atoms with Crippen molar-refractivity contribution in [3.8, 4) is 17.3 Å². The molecule has 0 bridgehead atoms. The molecule has 2 atom stereocenters. The summed E-state index contributed by atoms with van der Waals surface area (Å²) in [5.74, 6) is -0.0684. The SMILES string of the molecule is O=S1(=O)NCC2(CCCN(c3nc(OCC45CCCN4CCC5)nc4c(F)c(-c5cccc6cccc(COC7CCCCO7)c56)ncc34)C2)N1. The number of hydrogen-bond acceptors (Lipinski definition) is 10. The molecule has 5 aliphatic rings. The standard InChI is InChI=1S/C37H44FN7O5S/c38-31-32(27-11-4-9-25-8-3-10-26(30(25)27)21-49-29-12-1-2-19-48-29)39-20-28-33(31)41-35(50-24-37-14-6-17-45(37)18-7-15-37)42-34(28)44-16-5-13-36(23-44)22-40-51(46,47)43-36/h3-4,8-11,20,29,40,43H,1-2,5-7,12-19,21-24H2. The Morgan fingerprint density at radius 3 is 2.61 bits per heavy atom. The highest BCUT2D eigenvalue weighted by Gasteiger charge is 2.46. The number of aromatic nitrogens is 3. The van der Waals surface area contributed by atoms with Gasteiger partial charge in [0.05, 0.1) is 23.1 Å². The van der Waals surface area contributed by atoms with E-state index in [0.717, 1.165) is 80.8 Å². The van der Waals surface area contributed by atoms with E-state index in [0.29, 0.717) is 56.1 Å². The number of ether oxygens (including phenoxy) is 3. The van der Waals surface area contributed by atoms with Crippen molar-refractivity contribution < 1.29 is 27.0 Å². The van der Waals surface area contributed by atoms with E-state index < -0.39 is 21.6 Å². The summed E-state index contributed by atoms with van der Waals surface area (Å²) in [7, 11) is -3.59. The first-order valence-electron chi connectivity index (χ1n) is 18.3. The molecule has 5 aliphatic heterocycles. The first-order valence-corrected chi connectivity index (χ1v) is 19.8. The van der Waals surface area contributed by atoms with Crippen LogP contribution in [0.2, 0.25) is 0 Å². The van der Waals surface area contributed by atoms with Gasteiger partial charge in [-0.2, -0.15) is 23.1 Å².